The summed E-state index contributed by atoms with van der Waals surface area (Å²) >= 11 is 0. The van der Waals surface area contributed by atoms with Gasteiger partial charge in [-0.05, 0) is 25.3 Å². The molecular weight excluding hydrogens is 431 g/mol. The molecule has 1 aliphatic carbocycles. The van der Waals surface area contributed by atoms with Gasteiger partial charge in [0.25, 0.3) is 10.8 Å². The summed E-state index contributed by atoms with van der Waals surface area (Å²) in [6, 6.07) is 1.26. The molecular formula is C27H48N2O3P+. The molecule has 1 aromatic rings. The summed E-state index contributed by atoms with van der Waals surface area (Å²) in [5.41, 5.74) is -0.987. The van der Waals surface area contributed by atoms with Crippen LogP contribution in [0.3, 0.4) is 0 Å². The average molecular weight is 480 g/mol. The van der Waals surface area contributed by atoms with E-state index in [0.717, 1.165) is 12.3 Å². The van der Waals surface area contributed by atoms with E-state index in [1.54, 1.807) is 19.1 Å². The Hall–Kier alpha value is -1.48. The first-order chi connectivity index (χ1) is 16.0. The predicted octanol–water partition coefficient (Wildman–Crippen LogP) is 7.69. The van der Waals surface area contributed by atoms with Crippen LogP contribution in [0.25, 0.3) is 0 Å². The van der Waals surface area contributed by atoms with E-state index in [4.69, 9.17) is 0 Å². The first-order valence-electron chi connectivity index (χ1n) is 13.4. The number of nitrogens with one attached hydrogen (secondary N) is 1. The molecule has 0 aromatic carbocycles. The van der Waals surface area contributed by atoms with Crippen molar-refractivity contribution in [3.05, 3.63) is 45.3 Å². The number of nitrogens with zero attached hydrogens (tertiary/aromatic N) is 1. The molecule has 2 atom stereocenters. The summed E-state index contributed by atoms with van der Waals surface area (Å²) in [6.45, 7) is 6.05. The van der Waals surface area contributed by atoms with E-state index in [2.05, 4.69) is 11.9 Å². The minimum absolute atomic E-state index is 0.452. The lowest BCUT2D eigenvalue weighted by Crippen LogP contribution is -2.39. The molecule has 1 heterocycles. The van der Waals surface area contributed by atoms with E-state index in [1.165, 1.54) is 107 Å². The van der Waals surface area contributed by atoms with Crippen molar-refractivity contribution in [2.24, 2.45) is 5.92 Å². The van der Waals surface area contributed by atoms with Crippen molar-refractivity contribution in [1.82, 2.24) is 9.55 Å². The minimum Gasteiger partial charge on any atom is -0.274 e. The third-order valence-corrected chi connectivity index (χ3v) is 7.71. The summed E-state index contributed by atoms with van der Waals surface area (Å²) < 4.78 is 12.8. The Labute approximate surface area is 202 Å². The van der Waals surface area contributed by atoms with Crippen LogP contribution in [-0.4, -0.2) is 9.55 Å². The van der Waals surface area contributed by atoms with Crippen LogP contribution in [-0.2, 0) is 9.85 Å². The molecule has 1 saturated carbocycles. The van der Waals surface area contributed by atoms with Crippen molar-refractivity contribution >= 4 is 8.46 Å². The third kappa shape index (κ3) is 11.5. The molecule has 1 aromatic heterocycles. The SMILES string of the molecule is CC=CC(CCC)([PH+]=O)n1ccc(=O)[nH]c1=O.CCCCCCCCCCCCC1CCC1. The summed E-state index contributed by atoms with van der Waals surface area (Å²) in [7, 11) is -0.692. The number of aromatic nitrogens is 2. The van der Waals surface area contributed by atoms with E-state index >= 15 is 0 Å². The maximum absolute atomic E-state index is 11.7. The molecule has 1 fully saturated rings. The Bertz CT molecular complexity index is 782. The van der Waals surface area contributed by atoms with E-state index < -0.39 is 25.0 Å². The Morgan fingerprint density at radius 1 is 1.00 bits per heavy atom. The quantitative estimate of drug-likeness (QED) is 0.150. The number of hydrogen-bond donors (Lipinski definition) is 1. The van der Waals surface area contributed by atoms with Gasteiger partial charge < -0.3 is 0 Å². The van der Waals surface area contributed by atoms with Crippen LogP contribution < -0.4 is 11.2 Å². The highest BCUT2D eigenvalue weighted by molar-refractivity contribution is 7.25. The van der Waals surface area contributed by atoms with Gasteiger partial charge in [0.1, 0.15) is 0 Å². The van der Waals surface area contributed by atoms with Crippen LogP contribution in [0.4, 0.5) is 0 Å². The van der Waals surface area contributed by atoms with Gasteiger partial charge in [0.2, 0.25) is 0 Å². The summed E-state index contributed by atoms with van der Waals surface area (Å²) in [6.07, 6.45) is 27.2. The Morgan fingerprint density at radius 3 is 2.06 bits per heavy atom. The maximum atomic E-state index is 11.7. The first kappa shape index (κ1) is 29.6. The van der Waals surface area contributed by atoms with Gasteiger partial charge in [-0.15, -0.1) is 0 Å². The third-order valence-electron chi connectivity index (χ3n) is 6.69. The summed E-state index contributed by atoms with van der Waals surface area (Å²) in [5.74, 6) is 1.13. The van der Waals surface area contributed by atoms with Gasteiger partial charge in [-0.25, -0.2) is 9.36 Å². The predicted molar refractivity (Wildman–Crippen MR) is 142 cm³/mol. The van der Waals surface area contributed by atoms with Crippen LogP contribution in [0.15, 0.2) is 34.0 Å². The summed E-state index contributed by atoms with van der Waals surface area (Å²) in [4.78, 5) is 24.9. The number of unbranched alkanes of at least 4 members (excludes halogenated alkanes) is 9. The smallest absolute Gasteiger partial charge is 0.274 e. The van der Waals surface area contributed by atoms with Gasteiger partial charge in [-0.1, -0.05) is 114 Å². The molecule has 0 aliphatic heterocycles. The molecule has 2 rings (SSSR count). The standard InChI is InChI=1S/C16H32.C11H15N2O3P/c1-2-3-4-5-6-7-8-9-10-11-13-16-14-12-15-16;1-3-6-11(17-16,7-4-2)13-8-5-9(14)12-10(13)15/h16H,2-15H2,1H3;3,5-6,8H,4,7H2,1-2H3,(H,12,14,15)/p+1. The molecule has 5 nitrogen and oxygen atoms in total. The largest absolute Gasteiger partial charge is 0.357 e. The number of hydrogen-bond acceptors (Lipinski definition) is 3. The second-order valence-corrected chi connectivity index (χ2v) is 10.6. The van der Waals surface area contributed by atoms with E-state index in [9.17, 15) is 14.2 Å². The highest BCUT2D eigenvalue weighted by atomic mass is 31.1. The minimum atomic E-state index is -0.856. The Kier molecular flexibility index (Phi) is 16.1. The van der Waals surface area contributed by atoms with Gasteiger partial charge in [0.15, 0.2) is 0 Å². The van der Waals surface area contributed by atoms with Gasteiger partial charge in [-0.2, -0.15) is 0 Å². The van der Waals surface area contributed by atoms with Gasteiger partial charge in [0, 0.05) is 18.7 Å². The van der Waals surface area contributed by atoms with Crippen LogP contribution in [0.5, 0.6) is 0 Å². The van der Waals surface area contributed by atoms with Gasteiger partial charge >= 0.3 is 14.1 Å². The van der Waals surface area contributed by atoms with E-state index in [-0.39, 0.29) is 0 Å². The fourth-order valence-corrected chi connectivity index (χ4v) is 5.37. The fraction of sp³-hybridized carbons (Fsp3) is 0.778. The molecule has 0 amide bonds. The number of rotatable bonds is 16. The maximum Gasteiger partial charge on any atom is 0.357 e. The number of H-pyrrole nitrogens is 1. The second-order valence-electron chi connectivity index (χ2n) is 9.52. The van der Waals surface area contributed by atoms with Crippen LogP contribution in [0, 0.1) is 5.92 Å². The molecule has 2 unspecified atom stereocenters. The zero-order valence-electron chi connectivity index (χ0n) is 21.4. The molecule has 1 aliphatic rings. The number of allylic oxidation sites excluding steroid dienone is 2. The fourth-order valence-electron chi connectivity index (χ4n) is 4.51. The molecule has 188 valence electrons. The molecule has 33 heavy (non-hydrogen) atoms. The van der Waals surface area contributed by atoms with Crippen LogP contribution in [0.2, 0.25) is 0 Å². The highest BCUT2D eigenvalue weighted by Crippen LogP contribution is 2.34. The molecule has 0 bridgehead atoms. The van der Waals surface area contributed by atoms with E-state index in [0.29, 0.717) is 6.42 Å². The lowest BCUT2D eigenvalue weighted by atomic mass is 9.81. The Morgan fingerprint density at radius 2 is 1.61 bits per heavy atom. The van der Waals surface area contributed by atoms with Crippen molar-refractivity contribution in [3.63, 3.8) is 0 Å². The van der Waals surface area contributed by atoms with Crippen molar-refractivity contribution in [2.75, 3.05) is 0 Å². The summed E-state index contributed by atoms with van der Waals surface area (Å²) in [5, 5.41) is -0.856. The normalized spacial score (nSPS) is 15.7. The van der Waals surface area contributed by atoms with E-state index in [1.807, 2.05) is 6.92 Å². The molecule has 1 N–H and O–H groups in total. The van der Waals surface area contributed by atoms with Gasteiger partial charge in [0.05, 0.1) is 0 Å². The lowest BCUT2D eigenvalue weighted by Gasteiger charge is -2.24. The zero-order chi connectivity index (χ0) is 24.4. The number of aromatic amines is 1. The lowest BCUT2D eigenvalue weighted by molar-refractivity contribution is 0.286. The van der Waals surface area contributed by atoms with Crippen molar-refractivity contribution < 1.29 is 4.57 Å². The van der Waals surface area contributed by atoms with Gasteiger partial charge in [-0.3, -0.25) is 9.78 Å². The average Bonchev–Trinajstić information content (AvgIpc) is 2.76. The highest BCUT2D eigenvalue weighted by Gasteiger charge is 2.38. The Balaban J connectivity index is 0.000000331. The second kappa shape index (κ2) is 17.9. The molecule has 0 spiro atoms. The first-order valence-corrected chi connectivity index (χ1v) is 14.3. The van der Waals surface area contributed by atoms with Crippen molar-refractivity contribution in [2.45, 2.75) is 129 Å². The van der Waals surface area contributed by atoms with Crippen LogP contribution >= 0.6 is 8.46 Å². The monoisotopic (exact) mass is 479 g/mol. The zero-order valence-corrected chi connectivity index (χ0v) is 22.4. The molecule has 0 saturated heterocycles. The van der Waals surface area contributed by atoms with Crippen molar-refractivity contribution in [3.8, 4) is 0 Å². The molecule has 6 heteroatoms. The topological polar surface area (TPSA) is 71.9 Å². The molecule has 0 radical (unpaired) electrons. The van der Waals surface area contributed by atoms with Crippen LogP contribution in [0.1, 0.15) is 124 Å². The van der Waals surface area contributed by atoms with Crippen molar-refractivity contribution in [1.29, 1.82) is 0 Å².